The van der Waals surface area contributed by atoms with Crippen LogP contribution in [-0.2, 0) is 17.6 Å². The summed E-state index contributed by atoms with van der Waals surface area (Å²) in [7, 11) is 0. The fraction of sp³-hybridized carbons (Fsp3) is 0.684. The third kappa shape index (κ3) is 3.02. The number of anilines is 1. The maximum absolute atomic E-state index is 12.8. The van der Waals surface area contributed by atoms with Crippen molar-refractivity contribution in [2.24, 2.45) is 5.41 Å². The van der Waals surface area contributed by atoms with Crippen molar-refractivity contribution < 1.29 is 4.79 Å². The molecule has 0 radical (unpaired) electrons. The van der Waals surface area contributed by atoms with Crippen LogP contribution in [0, 0.1) is 5.41 Å². The fourth-order valence-corrected chi connectivity index (χ4v) is 4.43. The van der Waals surface area contributed by atoms with Crippen LogP contribution >= 0.6 is 0 Å². The number of aromatic nitrogens is 1. The second kappa shape index (κ2) is 6.71. The Morgan fingerprint density at radius 1 is 1.17 bits per heavy atom. The number of pyridine rings is 1. The Kier molecular flexibility index (Phi) is 4.44. The first-order chi connectivity index (χ1) is 11.8. The lowest BCUT2D eigenvalue weighted by atomic mass is 9.78. The summed E-state index contributed by atoms with van der Waals surface area (Å²) >= 11 is 0. The molecule has 1 amide bonds. The minimum Gasteiger partial charge on any atom is -0.370 e. The van der Waals surface area contributed by atoms with Crippen molar-refractivity contribution in [2.75, 3.05) is 38.0 Å². The van der Waals surface area contributed by atoms with E-state index in [0.717, 1.165) is 82.8 Å². The molecule has 3 aliphatic rings. The highest BCUT2D eigenvalue weighted by molar-refractivity contribution is 5.85. The van der Waals surface area contributed by atoms with E-state index >= 15 is 0 Å². The summed E-state index contributed by atoms with van der Waals surface area (Å²) in [4.78, 5) is 19.6. The lowest BCUT2D eigenvalue weighted by Crippen LogP contribution is -2.42. The third-order valence-electron chi connectivity index (χ3n) is 5.97. The van der Waals surface area contributed by atoms with Crippen LogP contribution in [0.4, 0.5) is 5.82 Å². The van der Waals surface area contributed by atoms with E-state index in [-0.39, 0.29) is 5.41 Å². The molecule has 2 fully saturated rings. The number of nitrogens with one attached hydrogen (secondary N) is 2. The maximum Gasteiger partial charge on any atom is 0.228 e. The third-order valence-corrected chi connectivity index (χ3v) is 5.97. The molecule has 0 unspecified atom stereocenters. The summed E-state index contributed by atoms with van der Waals surface area (Å²) in [6.45, 7) is 4.83. The van der Waals surface area contributed by atoms with Crippen molar-refractivity contribution >= 4 is 11.7 Å². The van der Waals surface area contributed by atoms with Crippen molar-refractivity contribution in [3.8, 4) is 0 Å². The van der Waals surface area contributed by atoms with E-state index in [4.69, 9.17) is 4.98 Å². The van der Waals surface area contributed by atoms with E-state index in [1.165, 1.54) is 12.0 Å². The first-order valence-corrected chi connectivity index (χ1v) is 9.50. The monoisotopic (exact) mass is 328 g/mol. The molecular formula is C19H28N4O. The SMILES string of the molecule is O=C1N(CCCc2ccc3c(n2)NCCC3)CCC12CCNCC2. The van der Waals surface area contributed by atoms with E-state index in [9.17, 15) is 4.79 Å². The molecule has 1 aromatic heterocycles. The maximum atomic E-state index is 12.8. The van der Waals surface area contributed by atoms with Gasteiger partial charge in [-0.15, -0.1) is 0 Å². The Bertz CT molecular complexity index is 609. The van der Waals surface area contributed by atoms with Gasteiger partial charge in [0, 0.05) is 25.3 Å². The minimum absolute atomic E-state index is 0.0424. The zero-order valence-corrected chi connectivity index (χ0v) is 14.4. The van der Waals surface area contributed by atoms with Gasteiger partial charge in [0.25, 0.3) is 0 Å². The predicted octanol–water partition coefficient (Wildman–Crippen LogP) is 1.97. The number of carbonyl (C=O) groups excluding carboxylic acids is 1. The molecule has 0 saturated carbocycles. The van der Waals surface area contributed by atoms with Gasteiger partial charge in [0.1, 0.15) is 5.82 Å². The van der Waals surface area contributed by atoms with E-state index in [0.29, 0.717) is 5.91 Å². The van der Waals surface area contributed by atoms with Crippen LogP contribution in [0.1, 0.15) is 43.4 Å². The summed E-state index contributed by atoms with van der Waals surface area (Å²) in [5.41, 5.74) is 2.44. The van der Waals surface area contributed by atoms with Gasteiger partial charge in [0.05, 0.1) is 5.41 Å². The average molecular weight is 328 g/mol. The normalized spacial score (nSPS) is 22.5. The van der Waals surface area contributed by atoms with Crippen LogP contribution in [0.15, 0.2) is 12.1 Å². The molecule has 4 heterocycles. The first-order valence-electron chi connectivity index (χ1n) is 9.50. The molecule has 2 saturated heterocycles. The number of fused-ring (bicyclic) bond motifs is 1. The lowest BCUT2D eigenvalue weighted by Gasteiger charge is -2.32. The van der Waals surface area contributed by atoms with Gasteiger partial charge in [-0.3, -0.25) is 4.79 Å². The van der Waals surface area contributed by atoms with Crippen molar-refractivity contribution in [1.82, 2.24) is 15.2 Å². The quantitative estimate of drug-likeness (QED) is 0.887. The molecule has 2 N–H and O–H groups in total. The topological polar surface area (TPSA) is 57.3 Å². The number of hydrogen-bond donors (Lipinski definition) is 2. The second-order valence-electron chi connectivity index (χ2n) is 7.52. The Labute approximate surface area is 144 Å². The van der Waals surface area contributed by atoms with Crippen molar-refractivity contribution in [3.63, 3.8) is 0 Å². The van der Waals surface area contributed by atoms with Crippen molar-refractivity contribution in [3.05, 3.63) is 23.4 Å². The van der Waals surface area contributed by atoms with Gasteiger partial charge in [0.2, 0.25) is 5.91 Å². The number of piperidine rings is 1. The van der Waals surface area contributed by atoms with Crippen LogP contribution in [0.2, 0.25) is 0 Å². The van der Waals surface area contributed by atoms with Crippen LogP contribution in [0.25, 0.3) is 0 Å². The van der Waals surface area contributed by atoms with Crippen LogP contribution in [0.5, 0.6) is 0 Å². The standard InChI is InChI=1S/C19H28N4O/c24-18-19(7-11-20-12-8-19)9-14-23(18)13-2-4-16-6-5-15-3-1-10-21-17(15)22-16/h5-6,20H,1-4,7-14H2,(H,21,22). The highest BCUT2D eigenvalue weighted by Gasteiger charge is 2.46. The molecule has 0 aromatic carbocycles. The van der Waals surface area contributed by atoms with Gasteiger partial charge in [-0.1, -0.05) is 6.07 Å². The molecule has 130 valence electrons. The predicted molar refractivity (Wildman–Crippen MR) is 95.1 cm³/mol. The summed E-state index contributed by atoms with van der Waals surface area (Å²) in [5.74, 6) is 1.48. The van der Waals surface area contributed by atoms with Gasteiger partial charge in [0.15, 0.2) is 0 Å². The highest BCUT2D eigenvalue weighted by atomic mass is 16.2. The number of aryl methyl sites for hydroxylation is 2. The van der Waals surface area contributed by atoms with E-state index in [2.05, 4.69) is 27.7 Å². The molecule has 5 heteroatoms. The fourth-order valence-electron chi connectivity index (χ4n) is 4.43. The van der Waals surface area contributed by atoms with Gasteiger partial charge in [-0.25, -0.2) is 4.98 Å². The zero-order chi connectivity index (χ0) is 16.4. The molecular weight excluding hydrogens is 300 g/mol. The number of amides is 1. The number of hydrogen-bond acceptors (Lipinski definition) is 4. The number of nitrogens with zero attached hydrogens (tertiary/aromatic N) is 2. The van der Waals surface area contributed by atoms with E-state index in [1.807, 2.05) is 0 Å². The van der Waals surface area contributed by atoms with Gasteiger partial charge in [-0.05, 0) is 69.7 Å². The molecule has 4 rings (SSSR count). The van der Waals surface area contributed by atoms with Gasteiger partial charge in [-0.2, -0.15) is 0 Å². The van der Waals surface area contributed by atoms with Crippen LogP contribution in [-0.4, -0.2) is 48.5 Å². The van der Waals surface area contributed by atoms with E-state index in [1.54, 1.807) is 0 Å². The largest absolute Gasteiger partial charge is 0.370 e. The van der Waals surface area contributed by atoms with Crippen LogP contribution < -0.4 is 10.6 Å². The van der Waals surface area contributed by atoms with Gasteiger partial charge >= 0.3 is 0 Å². The molecule has 1 spiro atoms. The second-order valence-corrected chi connectivity index (χ2v) is 7.52. The smallest absolute Gasteiger partial charge is 0.228 e. The summed E-state index contributed by atoms with van der Waals surface area (Å²) in [6.07, 6.45) is 7.37. The molecule has 0 aliphatic carbocycles. The first kappa shape index (κ1) is 15.9. The summed E-state index contributed by atoms with van der Waals surface area (Å²) in [6, 6.07) is 4.38. The highest BCUT2D eigenvalue weighted by Crippen LogP contribution is 2.39. The van der Waals surface area contributed by atoms with Crippen molar-refractivity contribution in [2.45, 2.75) is 44.9 Å². The zero-order valence-electron chi connectivity index (χ0n) is 14.4. The van der Waals surface area contributed by atoms with Crippen LogP contribution in [0.3, 0.4) is 0 Å². The lowest BCUT2D eigenvalue weighted by molar-refractivity contribution is -0.137. The number of rotatable bonds is 4. The molecule has 1 aromatic rings. The minimum atomic E-state index is -0.0424. The van der Waals surface area contributed by atoms with E-state index < -0.39 is 0 Å². The molecule has 24 heavy (non-hydrogen) atoms. The Hall–Kier alpha value is -1.62. The Balaban J connectivity index is 1.31. The average Bonchev–Trinajstić information content (AvgIpc) is 2.92. The summed E-state index contributed by atoms with van der Waals surface area (Å²) < 4.78 is 0. The molecule has 0 atom stereocenters. The summed E-state index contributed by atoms with van der Waals surface area (Å²) in [5, 5.41) is 6.77. The number of carbonyl (C=O) groups is 1. The molecule has 5 nitrogen and oxygen atoms in total. The van der Waals surface area contributed by atoms with Crippen molar-refractivity contribution in [1.29, 1.82) is 0 Å². The molecule has 0 bridgehead atoms. The Morgan fingerprint density at radius 3 is 2.92 bits per heavy atom. The molecule has 3 aliphatic heterocycles. The Morgan fingerprint density at radius 2 is 2.04 bits per heavy atom. The number of likely N-dealkylation sites (tertiary alicyclic amines) is 1. The van der Waals surface area contributed by atoms with Gasteiger partial charge < -0.3 is 15.5 Å².